The zero-order chi connectivity index (χ0) is 23.4. The number of hydrogen-bond acceptors (Lipinski definition) is 9. The first-order valence-electron chi connectivity index (χ1n) is 11.2. The van der Waals surface area contributed by atoms with Crippen LogP contribution in [0.3, 0.4) is 0 Å². The Morgan fingerprint density at radius 3 is 2.74 bits per heavy atom. The van der Waals surface area contributed by atoms with Gasteiger partial charge in [-0.25, -0.2) is 14.4 Å². The minimum Gasteiger partial charge on any atom is -0.421 e. The monoisotopic (exact) mass is 464 g/mol. The molecule has 34 heavy (non-hydrogen) atoms. The third-order valence-corrected chi connectivity index (χ3v) is 6.82. The largest absolute Gasteiger partial charge is 0.421 e. The van der Waals surface area contributed by atoms with E-state index in [4.69, 9.17) is 20.2 Å². The van der Waals surface area contributed by atoms with Crippen molar-refractivity contribution in [1.29, 1.82) is 0 Å². The molecule has 4 aromatic rings. The summed E-state index contributed by atoms with van der Waals surface area (Å²) in [6.07, 6.45) is 5.33. The van der Waals surface area contributed by atoms with Gasteiger partial charge in [-0.15, -0.1) is 0 Å². The molecule has 1 aromatic carbocycles. The van der Waals surface area contributed by atoms with E-state index in [9.17, 15) is 4.39 Å². The van der Waals surface area contributed by atoms with E-state index < -0.39 is 0 Å². The van der Waals surface area contributed by atoms with Crippen LogP contribution in [0.4, 0.5) is 15.9 Å². The molecular weight excluding hydrogens is 439 g/mol. The highest BCUT2D eigenvalue weighted by Gasteiger charge is 2.54. The van der Waals surface area contributed by atoms with E-state index in [1.165, 1.54) is 12.1 Å². The fraction of sp³-hybridized carbons (Fsp3) is 0.391. The van der Waals surface area contributed by atoms with E-state index in [-0.39, 0.29) is 23.3 Å². The lowest BCUT2D eigenvalue weighted by atomic mass is 10.0. The molecular formula is C23H25FN8O2. The smallest absolute Gasteiger partial charge is 0.326 e. The van der Waals surface area contributed by atoms with Crippen LogP contribution in [-0.2, 0) is 11.3 Å². The molecule has 0 bridgehead atoms. The van der Waals surface area contributed by atoms with Crippen molar-refractivity contribution in [2.24, 2.45) is 11.1 Å². The minimum absolute atomic E-state index is 0.0680. The number of nitrogens with zero attached hydrogens (tertiary/aromatic N) is 5. The van der Waals surface area contributed by atoms with Gasteiger partial charge in [-0.2, -0.15) is 9.97 Å². The third-order valence-electron chi connectivity index (χ3n) is 6.82. The molecule has 1 spiro atoms. The van der Waals surface area contributed by atoms with Crippen LogP contribution in [0.5, 0.6) is 11.8 Å². The summed E-state index contributed by atoms with van der Waals surface area (Å²) in [6.45, 7) is 1.78. The van der Waals surface area contributed by atoms with Crippen LogP contribution in [0.15, 0.2) is 24.5 Å². The fourth-order valence-electron chi connectivity index (χ4n) is 4.84. The molecule has 10 nitrogen and oxygen atoms in total. The van der Waals surface area contributed by atoms with Crippen LogP contribution in [-0.4, -0.2) is 58.2 Å². The Labute approximate surface area is 194 Å². The molecule has 1 saturated carbocycles. The zero-order valence-corrected chi connectivity index (χ0v) is 18.9. The number of benzene rings is 1. The molecule has 4 heterocycles. The zero-order valence-electron chi connectivity index (χ0n) is 18.9. The van der Waals surface area contributed by atoms with Gasteiger partial charge in [-0.3, -0.25) is 0 Å². The first-order chi connectivity index (χ1) is 16.5. The predicted octanol–water partition coefficient (Wildman–Crippen LogP) is 2.95. The Morgan fingerprint density at radius 2 is 2.06 bits per heavy atom. The lowest BCUT2D eigenvalue weighted by Crippen LogP contribution is -2.30. The summed E-state index contributed by atoms with van der Waals surface area (Å²) in [5.41, 5.74) is 8.57. The van der Waals surface area contributed by atoms with E-state index in [1.54, 1.807) is 26.6 Å². The molecule has 3 aromatic heterocycles. The number of ether oxygens (including phenoxy) is 2. The lowest BCUT2D eigenvalue weighted by Gasteiger charge is -2.19. The molecule has 0 radical (unpaired) electrons. The highest BCUT2D eigenvalue weighted by atomic mass is 19.1. The number of rotatable bonds is 6. The Bertz CT molecular complexity index is 1390. The van der Waals surface area contributed by atoms with Crippen molar-refractivity contribution < 1.29 is 13.9 Å². The summed E-state index contributed by atoms with van der Waals surface area (Å²) in [6, 6.07) is 3.17. The first kappa shape index (κ1) is 21.0. The van der Waals surface area contributed by atoms with Gasteiger partial charge in [0.2, 0.25) is 0 Å². The molecule has 11 heteroatoms. The maximum absolute atomic E-state index is 14.5. The molecule has 1 aliphatic carbocycles. The minimum atomic E-state index is -0.339. The van der Waals surface area contributed by atoms with Crippen LogP contribution >= 0.6 is 0 Å². The van der Waals surface area contributed by atoms with Gasteiger partial charge in [-0.05, 0) is 25.0 Å². The molecule has 1 aliphatic heterocycles. The molecule has 1 atom stereocenters. The number of H-pyrrole nitrogens is 1. The Hall–Kier alpha value is -3.57. The van der Waals surface area contributed by atoms with Crippen molar-refractivity contribution in [1.82, 2.24) is 24.9 Å². The van der Waals surface area contributed by atoms with Crippen molar-refractivity contribution in [3.63, 3.8) is 0 Å². The summed E-state index contributed by atoms with van der Waals surface area (Å²) in [5.74, 6) is 1.29. The van der Waals surface area contributed by atoms with Gasteiger partial charge in [0.1, 0.15) is 23.9 Å². The summed E-state index contributed by atoms with van der Waals surface area (Å²) in [5, 5.41) is 4.50. The van der Waals surface area contributed by atoms with Gasteiger partial charge in [0.05, 0.1) is 29.0 Å². The Kier molecular flexibility index (Phi) is 4.78. The van der Waals surface area contributed by atoms with Crippen molar-refractivity contribution >= 4 is 33.4 Å². The maximum atomic E-state index is 14.5. The van der Waals surface area contributed by atoms with Crippen molar-refractivity contribution in [3.05, 3.63) is 36.2 Å². The SMILES string of the molecule is CNc1cc(F)cc2c1[nH]c1nc(Oc3cnc(COC)nc3)nc(N3CC(N)C4(CC4)C3)c12. The fourth-order valence-corrected chi connectivity index (χ4v) is 4.84. The van der Waals surface area contributed by atoms with E-state index in [0.29, 0.717) is 47.3 Å². The quantitative estimate of drug-likeness (QED) is 0.395. The number of hydrogen-bond donors (Lipinski definition) is 3. The second-order valence-corrected chi connectivity index (χ2v) is 9.02. The Morgan fingerprint density at radius 1 is 1.26 bits per heavy atom. The van der Waals surface area contributed by atoms with Gasteiger partial charge < -0.3 is 30.4 Å². The highest BCUT2D eigenvalue weighted by Crippen LogP contribution is 2.53. The maximum Gasteiger partial charge on any atom is 0.326 e. The van der Waals surface area contributed by atoms with Crippen LogP contribution in [0.1, 0.15) is 18.7 Å². The van der Waals surface area contributed by atoms with Crippen molar-refractivity contribution in [2.45, 2.75) is 25.5 Å². The van der Waals surface area contributed by atoms with E-state index in [2.05, 4.69) is 30.2 Å². The number of aromatic nitrogens is 5. The van der Waals surface area contributed by atoms with Crippen LogP contribution in [0.25, 0.3) is 21.9 Å². The summed E-state index contributed by atoms with van der Waals surface area (Å²) >= 11 is 0. The number of aromatic amines is 1. The second kappa shape index (κ2) is 7.74. The average Bonchev–Trinajstić information content (AvgIpc) is 3.41. The molecule has 1 saturated heterocycles. The molecule has 1 unspecified atom stereocenters. The summed E-state index contributed by atoms with van der Waals surface area (Å²) < 4.78 is 25.5. The van der Waals surface area contributed by atoms with Crippen LogP contribution in [0.2, 0.25) is 0 Å². The standard InChI is InChI=1S/C23H25FN8O2/c1-26-15-6-12(24)5-14-18-20(29-19(14)15)30-22(34-13-7-27-17(10-33-2)28-8-13)31-21(18)32-9-16(25)23(11-32)3-4-23/h5-8,16,26H,3-4,9-11,25H2,1-2H3,(H,29,30,31). The number of methoxy groups -OCH3 is 1. The number of anilines is 2. The van der Waals surface area contributed by atoms with Crippen LogP contribution < -0.4 is 20.7 Å². The molecule has 2 fully saturated rings. The third kappa shape index (κ3) is 3.39. The average molecular weight is 465 g/mol. The summed E-state index contributed by atoms with van der Waals surface area (Å²) in [4.78, 5) is 23.3. The summed E-state index contributed by atoms with van der Waals surface area (Å²) in [7, 11) is 3.34. The number of fused-ring (bicyclic) bond motifs is 3. The molecule has 0 amide bonds. The Balaban J connectivity index is 1.48. The van der Waals surface area contributed by atoms with E-state index in [0.717, 1.165) is 30.3 Å². The van der Waals surface area contributed by atoms with Gasteiger partial charge >= 0.3 is 6.01 Å². The number of nitrogens with one attached hydrogen (secondary N) is 2. The predicted molar refractivity (Wildman–Crippen MR) is 126 cm³/mol. The van der Waals surface area contributed by atoms with Gasteiger partial charge in [0.15, 0.2) is 11.6 Å². The number of halogens is 1. The first-order valence-corrected chi connectivity index (χ1v) is 11.2. The molecule has 4 N–H and O–H groups in total. The van der Waals surface area contributed by atoms with Gasteiger partial charge in [0, 0.05) is 44.1 Å². The topological polar surface area (TPSA) is 127 Å². The molecule has 2 aliphatic rings. The molecule has 176 valence electrons. The van der Waals surface area contributed by atoms with E-state index >= 15 is 0 Å². The lowest BCUT2D eigenvalue weighted by molar-refractivity contribution is 0.177. The van der Waals surface area contributed by atoms with E-state index in [1.807, 2.05) is 0 Å². The highest BCUT2D eigenvalue weighted by molar-refractivity contribution is 6.14. The number of nitrogens with two attached hydrogens (primary N) is 1. The van der Waals surface area contributed by atoms with Crippen LogP contribution in [0, 0.1) is 11.2 Å². The second-order valence-electron chi connectivity index (χ2n) is 9.02. The van der Waals surface area contributed by atoms with Crippen molar-refractivity contribution in [3.8, 4) is 11.8 Å². The van der Waals surface area contributed by atoms with Gasteiger partial charge in [0.25, 0.3) is 0 Å². The van der Waals surface area contributed by atoms with Gasteiger partial charge in [-0.1, -0.05) is 0 Å². The van der Waals surface area contributed by atoms with Crippen molar-refractivity contribution in [2.75, 3.05) is 37.5 Å². The normalized spacial score (nSPS) is 18.8. The molecule has 6 rings (SSSR count).